The first-order valence-corrected chi connectivity index (χ1v) is 13.6. The van der Waals surface area contributed by atoms with Gasteiger partial charge >= 0.3 is 6.18 Å². The number of rotatable bonds is 7. The molecule has 0 radical (unpaired) electrons. The van der Waals surface area contributed by atoms with Crippen molar-refractivity contribution in [2.75, 3.05) is 24.7 Å². The lowest BCUT2D eigenvalue weighted by Crippen LogP contribution is -2.54. The number of hydrogen-bond acceptors (Lipinski definition) is 5. The van der Waals surface area contributed by atoms with Crippen molar-refractivity contribution in [1.29, 1.82) is 0 Å². The Balaban J connectivity index is 1.62. The van der Waals surface area contributed by atoms with Crippen molar-refractivity contribution in [1.82, 2.24) is 10.2 Å². The fourth-order valence-electron chi connectivity index (χ4n) is 4.08. The summed E-state index contributed by atoms with van der Waals surface area (Å²) in [4.78, 5) is 27.6. The van der Waals surface area contributed by atoms with Gasteiger partial charge in [-0.3, -0.25) is 9.59 Å². The summed E-state index contributed by atoms with van der Waals surface area (Å²) in [6.07, 6.45) is -2.45. The molecule has 2 amide bonds. The Kier molecular flexibility index (Phi) is 8.51. The van der Waals surface area contributed by atoms with E-state index in [0.717, 1.165) is 11.9 Å². The Hall–Kier alpha value is -3.15. The van der Waals surface area contributed by atoms with Crippen LogP contribution in [0.2, 0.25) is 0 Å². The fourth-order valence-corrected chi connectivity index (χ4v) is 4.71. The van der Waals surface area contributed by atoms with E-state index in [9.17, 15) is 35.6 Å². The number of nitrogens with one attached hydrogen (secondary N) is 2. The summed E-state index contributed by atoms with van der Waals surface area (Å²) in [5.41, 5.74) is -1.20. The molecule has 37 heavy (non-hydrogen) atoms. The molecule has 0 aliphatic carbocycles. The highest BCUT2D eigenvalue weighted by molar-refractivity contribution is 7.90. The number of carbonyl (C=O) groups excluding carboxylic acids is 2. The topological polar surface area (TPSA) is 95.6 Å². The quantitative estimate of drug-likeness (QED) is 0.513. The summed E-state index contributed by atoms with van der Waals surface area (Å²) >= 11 is 0. The average Bonchev–Trinajstić information content (AvgIpc) is 2.81. The van der Waals surface area contributed by atoms with Gasteiger partial charge in [0.25, 0.3) is 5.91 Å². The van der Waals surface area contributed by atoms with Crippen LogP contribution in [0.5, 0.6) is 0 Å². The molecule has 7 nitrogen and oxygen atoms in total. The van der Waals surface area contributed by atoms with E-state index in [4.69, 9.17) is 0 Å². The first-order valence-electron chi connectivity index (χ1n) is 11.7. The first kappa shape index (κ1) is 28.4. The van der Waals surface area contributed by atoms with Crippen molar-refractivity contribution in [2.24, 2.45) is 5.92 Å². The van der Waals surface area contributed by atoms with Crippen LogP contribution < -0.4 is 10.6 Å². The van der Waals surface area contributed by atoms with E-state index in [2.05, 4.69) is 10.6 Å². The molecule has 1 saturated heterocycles. The summed E-state index contributed by atoms with van der Waals surface area (Å²) in [6.45, 7) is 4.10. The Morgan fingerprint density at radius 3 is 2.14 bits per heavy atom. The van der Waals surface area contributed by atoms with Crippen molar-refractivity contribution in [3.63, 3.8) is 0 Å². The monoisotopic (exact) mass is 543 g/mol. The third kappa shape index (κ3) is 7.21. The highest BCUT2D eigenvalue weighted by Crippen LogP contribution is 2.30. The molecule has 3 rings (SSSR count). The smallest absolute Gasteiger partial charge is 0.382 e. The second kappa shape index (κ2) is 11.1. The lowest BCUT2D eigenvalue weighted by atomic mass is 9.98. The largest absolute Gasteiger partial charge is 0.416 e. The molecule has 0 aromatic heterocycles. The van der Waals surface area contributed by atoms with Crippen molar-refractivity contribution < 1.29 is 35.6 Å². The summed E-state index contributed by atoms with van der Waals surface area (Å²) in [5, 5.41) is 5.73. The molecule has 1 aliphatic rings. The van der Waals surface area contributed by atoms with Gasteiger partial charge in [0.15, 0.2) is 9.84 Å². The van der Waals surface area contributed by atoms with Gasteiger partial charge < -0.3 is 15.5 Å². The van der Waals surface area contributed by atoms with Gasteiger partial charge in [0.05, 0.1) is 16.0 Å². The molecule has 1 aliphatic heterocycles. The van der Waals surface area contributed by atoms with Crippen LogP contribution in [0, 0.1) is 11.7 Å². The maximum atomic E-state index is 14.2. The van der Waals surface area contributed by atoms with Crippen LogP contribution in [-0.4, -0.2) is 56.6 Å². The van der Waals surface area contributed by atoms with Gasteiger partial charge in [-0.25, -0.2) is 12.8 Å². The molecule has 2 aromatic rings. The molecule has 12 heteroatoms. The number of sulfone groups is 1. The highest BCUT2D eigenvalue weighted by atomic mass is 32.2. The van der Waals surface area contributed by atoms with Gasteiger partial charge in [-0.05, 0) is 61.2 Å². The average molecular weight is 544 g/mol. The molecule has 1 heterocycles. The van der Waals surface area contributed by atoms with Crippen LogP contribution in [0.15, 0.2) is 47.4 Å². The maximum Gasteiger partial charge on any atom is 0.416 e. The SMILES string of the molecule is CC(C)C(NC(=O)c1cc(C(F)(F)F)ccc1F)C(=O)N1CCC(Nc2ccc(S(C)(=O)=O)cc2)CC1. The van der Waals surface area contributed by atoms with Gasteiger partial charge in [0.2, 0.25) is 5.91 Å². The van der Waals surface area contributed by atoms with Gasteiger partial charge in [0, 0.05) is 31.1 Å². The van der Waals surface area contributed by atoms with Crippen LogP contribution >= 0.6 is 0 Å². The molecule has 202 valence electrons. The summed E-state index contributed by atoms with van der Waals surface area (Å²) in [7, 11) is -3.30. The zero-order valence-electron chi connectivity index (χ0n) is 20.6. The maximum absolute atomic E-state index is 14.2. The van der Waals surface area contributed by atoms with Crippen LogP contribution in [0.1, 0.15) is 42.6 Å². The van der Waals surface area contributed by atoms with Gasteiger partial charge in [-0.2, -0.15) is 13.2 Å². The van der Waals surface area contributed by atoms with E-state index >= 15 is 0 Å². The summed E-state index contributed by atoms with van der Waals surface area (Å²) in [5.74, 6) is -3.00. The Bertz CT molecular complexity index is 1240. The number of likely N-dealkylation sites (tertiary alicyclic amines) is 1. The van der Waals surface area contributed by atoms with Gasteiger partial charge in [-0.1, -0.05) is 13.8 Å². The Morgan fingerprint density at radius 2 is 1.62 bits per heavy atom. The standard InChI is InChI=1S/C25H29F4N3O4S/c1-15(2)22(31-23(33)20-14-16(25(27,28)29)4-9-21(20)26)24(34)32-12-10-18(11-13-32)30-17-5-7-19(8-6-17)37(3,35)36/h4-9,14-15,18,22,30H,10-13H2,1-3H3,(H,31,33). The van der Waals surface area contributed by atoms with Gasteiger partial charge in [-0.15, -0.1) is 0 Å². The first-order chi connectivity index (χ1) is 17.2. The molecule has 0 bridgehead atoms. The van der Waals surface area contributed by atoms with E-state index in [1.165, 1.54) is 12.1 Å². The predicted octanol–water partition coefficient (Wildman–Crippen LogP) is 4.11. The zero-order chi connectivity index (χ0) is 27.5. The molecule has 1 atom stereocenters. The second-order valence-corrected chi connectivity index (χ2v) is 11.4. The van der Waals surface area contributed by atoms with Crippen LogP contribution in [0.3, 0.4) is 0 Å². The number of carbonyl (C=O) groups is 2. The normalized spacial score (nSPS) is 15.9. The van der Waals surface area contributed by atoms with E-state index in [1.807, 2.05) is 0 Å². The Labute approximate surface area is 213 Å². The predicted molar refractivity (Wildman–Crippen MR) is 130 cm³/mol. The molecule has 1 unspecified atom stereocenters. The van der Waals surface area contributed by atoms with Crippen molar-refractivity contribution in [3.05, 3.63) is 59.4 Å². The van der Waals surface area contributed by atoms with Crippen molar-refractivity contribution >= 4 is 27.3 Å². The number of amides is 2. The second-order valence-electron chi connectivity index (χ2n) is 9.43. The molecule has 1 fully saturated rings. The van der Waals surface area contributed by atoms with Gasteiger partial charge in [0.1, 0.15) is 11.9 Å². The number of benzene rings is 2. The van der Waals surface area contributed by atoms with E-state index in [1.54, 1.807) is 30.9 Å². The van der Waals surface area contributed by atoms with Crippen molar-refractivity contribution in [3.8, 4) is 0 Å². The van der Waals surface area contributed by atoms with Crippen LogP contribution in [0.25, 0.3) is 0 Å². The number of nitrogens with zero attached hydrogens (tertiary/aromatic N) is 1. The number of hydrogen-bond donors (Lipinski definition) is 2. The molecular formula is C25H29F4N3O4S. The summed E-state index contributed by atoms with van der Waals surface area (Å²) in [6, 6.07) is 6.92. The third-order valence-electron chi connectivity index (χ3n) is 6.22. The number of anilines is 1. The Morgan fingerprint density at radius 1 is 1.03 bits per heavy atom. The minimum Gasteiger partial charge on any atom is -0.382 e. The molecule has 0 saturated carbocycles. The lowest BCUT2D eigenvalue weighted by Gasteiger charge is -2.36. The third-order valence-corrected chi connectivity index (χ3v) is 7.35. The summed E-state index contributed by atoms with van der Waals surface area (Å²) < 4.78 is 76.4. The number of alkyl halides is 3. The highest BCUT2D eigenvalue weighted by Gasteiger charge is 2.34. The minimum atomic E-state index is -4.75. The van der Waals surface area contributed by atoms with Crippen molar-refractivity contribution in [2.45, 2.75) is 49.8 Å². The van der Waals surface area contributed by atoms with Crippen LogP contribution in [0.4, 0.5) is 23.2 Å². The van der Waals surface area contributed by atoms with E-state index in [-0.39, 0.29) is 10.9 Å². The number of piperidine rings is 1. The van der Waals surface area contributed by atoms with Crippen LogP contribution in [-0.2, 0) is 20.8 Å². The van der Waals surface area contributed by atoms with E-state index < -0.39 is 56.7 Å². The minimum absolute atomic E-state index is 0.0272. The molecule has 0 spiro atoms. The molecule has 2 N–H and O–H groups in total. The zero-order valence-corrected chi connectivity index (χ0v) is 21.4. The fraction of sp³-hybridized carbons (Fsp3) is 0.440. The molecular weight excluding hydrogens is 514 g/mol. The van der Waals surface area contributed by atoms with E-state index in [0.29, 0.717) is 44.1 Å². The lowest BCUT2D eigenvalue weighted by molar-refractivity contribution is -0.138. The number of halogens is 4. The molecule has 2 aromatic carbocycles.